The van der Waals surface area contributed by atoms with E-state index in [2.05, 4.69) is 14.2 Å². The fraction of sp³-hybridized carbons (Fsp3) is 0.714. The normalized spacial score (nSPS) is 9.14. The molecule has 0 atom stereocenters. The van der Waals surface area contributed by atoms with Crippen LogP contribution in [0.25, 0.3) is 0 Å². The Morgan fingerprint density at radius 3 is 1.79 bits per heavy atom. The summed E-state index contributed by atoms with van der Waals surface area (Å²) in [5, 5.41) is 15.5. The molecule has 84 valence electrons. The summed E-state index contributed by atoms with van der Waals surface area (Å²) in [6.07, 6.45) is 0. The van der Waals surface area contributed by atoms with Gasteiger partial charge in [-0.15, -0.1) is 0 Å². The molecule has 2 N–H and O–H groups in total. The first-order valence-corrected chi connectivity index (χ1v) is 3.52. The van der Waals surface area contributed by atoms with Crippen molar-refractivity contribution in [2.45, 2.75) is 13.4 Å². The van der Waals surface area contributed by atoms with Crippen LogP contribution in [0.4, 0.5) is 0 Å². The summed E-state index contributed by atoms with van der Waals surface area (Å²) < 4.78 is 13.6. The van der Waals surface area contributed by atoms with E-state index in [1.54, 1.807) is 0 Å². The van der Waals surface area contributed by atoms with E-state index in [-0.39, 0.29) is 0 Å². The number of carboxylic acid groups (broad SMARTS) is 2. The van der Waals surface area contributed by atoms with Crippen molar-refractivity contribution in [3.05, 3.63) is 0 Å². The van der Waals surface area contributed by atoms with Gasteiger partial charge in [0.1, 0.15) is 6.61 Å². The van der Waals surface area contributed by atoms with Crippen molar-refractivity contribution >= 4 is 11.9 Å². The molecule has 0 aliphatic heterocycles. The lowest BCUT2D eigenvalue weighted by atomic mass is 10.7. The molecular formula is C7H14O7. The van der Waals surface area contributed by atoms with Crippen molar-refractivity contribution in [3.63, 3.8) is 0 Å². The summed E-state index contributed by atoms with van der Waals surface area (Å²) >= 11 is 0. The summed E-state index contributed by atoms with van der Waals surface area (Å²) in [7, 11) is 2.71. The van der Waals surface area contributed by atoms with Crippen molar-refractivity contribution in [2.24, 2.45) is 0 Å². The molecule has 0 radical (unpaired) electrons. The number of rotatable bonds is 5. The van der Waals surface area contributed by atoms with Crippen LogP contribution in [0.2, 0.25) is 0 Å². The molecule has 0 unspecified atom stereocenters. The van der Waals surface area contributed by atoms with Crippen LogP contribution < -0.4 is 0 Å². The molecule has 7 heteroatoms. The molecule has 0 aliphatic rings. The summed E-state index contributed by atoms with van der Waals surface area (Å²) in [6.45, 7) is -0.233. The van der Waals surface area contributed by atoms with Gasteiger partial charge in [0.15, 0.2) is 0 Å². The molecule has 7 nitrogen and oxygen atoms in total. The van der Waals surface area contributed by atoms with Crippen LogP contribution in [0.3, 0.4) is 0 Å². The smallest absolute Gasteiger partial charge is 0.329 e. The van der Waals surface area contributed by atoms with Gasteiger partial charge < -0.3 is 24.4 Å². The third-order valence-electron chi connectivity index (χ3n) is 0.728. The average Bonchev–Trinajstić information content (AvgIpc) is 2.04. The van der Waals surface area contributed by atoms with Crippen molar-refractivity contribution in [1.29, 1.82) is 0 Å². The van der Waals surface area contributed by atoms with Gasteiger partial charge in [-0.25, -0.2) is 4.79 Å². The monoisotopic (exact) mass is 210 g/mol. The van der Waals surface area contributed by atoms with E-state index < -0.39 is 25.0 Å². The standard InChI is InChI=1S/C5H10O5.C2H4O2/c1-8-5(9-2)10-3-4(6)7;1-2(3)4/h5H,3H2,1-2H3,(H,6,7);1H3,(H,3,4). The Bertz CT molecular complexity index is 159. The van der Waals surface area contributed by atoms with Crippen LogP contribution in [0.1, 0.15) is 6.92 Å². The zero-order chi connectivity index (χ0) is 11.6. The van der Waals surface area contributed by atoms with Gasteiger partial charge in [0, 0.05) is 21.1 Å². The molecule has 0 bridgehead atoms. The third-order valence-corrected chi connectivity index (χ3v) is 0.728. The van der Waals surface area contributed by atoms with Crippen molar-refractivity contribution in [3.8, 4) is 0 Å². The van der Waals surface area contributed by atoms with Gasteiger partial charge in [0.05, 0.1) is 0 Å². The molecule has 0 amide bonds. The third kappa shape index (κ3) is 17.1. The van der Waals surface area contributed by atoms with E-state index in [9.17, 15) is 4.79 Å². The second-order valence-corrected chi connectivity index (χ2v) is 1.98. The molecular weight excluding hydrogens is 196 g/mol. The lowest BCUT2D eigenvalue weighted by molar-refractivity contribution is -0.264. The van der Waals surface area contributed by atoms with Gasteiger partial charge in [0.25, 0.3) is 12.4 Å². The summed E-state index contributed by atoms with van der Waals surface area (Å²) in [5.74, 6) is -1.89. The number of carbonyl (C=O) groups is 2. The SMILES string of the molecule is CC(=O)O.COC(OC)OCC(=O)O. The van der Waals surface area contributed by atoms with E-state index in [0.717, 1.165) is 6.92 Å². The summed E-state index contributed by atoms with van der Waals surface area (Å²) in [4.78, 5) is 18.9. The van der Waals surface area contributed by atoms with E-state index in [1.165, 1.54) is 14.2 Å². The maximum atomic E-state index is 9.90. The minimum Gasteiger partial charge on any atom is -0.481 e. The highest BCUT2D eigenvalue weighted by atomic mass is 16.8. The highest BCUT2D eigenvalue weighted by Crippen LogP contribution is 1.91. The Labute approximate surface area is 81.2 Å². The minimum atomic E-state index is -1.06. The molecule has 0 saturated carbocycles. The fourth-order valence-corrected chi connectivity index (χ4v) is 0.372. The first kappa shape index (κ1) is 15.3. The first-order chi connectivity index (χ1) is 6.43. The largest absolute Gasteiger partial charge is 0.481 e. The molecule has 0 spiro atoms. The Balaban J connectivity index is 0. The predicted octanol–water partition coefficient (Wildman–Crippen LogP) is -0.245. The topological polar surface area (TPSA) is 102 Å². The van der Waals surface area contributed by atoms with Gasteiger partial charge in [-0.1, -0.05) is 0 Å². The van der Waals surface area contributed by atoms with Crippen molar-refractivity contribution in [1.82, 2.24) is 0 Å². The zero-order valence-corrected chi connectivity index (χ0v) is 8.22. The van der Waals surface area contributed by atoms with E-state index >= 15 is 0 Å². The Kier molecular flexibility index (Phi) is 10.8. The number of hydrogen-bond acceptors (Lipinski definition) is 5. The lowest BCUT2D eigenvalue weighted by Crippen LogP contribution is -2.21. The maximum Gasteiger partial charge on any atom is 0.329 e. The van der Waals surface area contributed by atoms with Crippen LogP contribution in [0, 0.1) is 0 Å². The highest BCUT2D eigenvalue weighted by molar-refractivity contribution is 5.67. The molecule has 0 aromatic carbocycles. The number of ether oxygens (including phenoxy) is 3. The highest BCUT2D eigenvalue weighted by Gasteiger charge is 2.06. The van der Waals surface area contributed by atoms with Crippen molar-refractivity contribution in [2.75, 3.05) is 20.8 Å². The molecule has 0 fully saturated rings. The molecule has 14 heavy (non-hydrogen) atoms. The second kappa shape index (κ2) is 9.90. The van der Waals surface area contributed by atoms with Gasteiger partial charge >= 0.3 is 5.97 Å². The predicted molar refractivity (Wildman–Crippen MR) is 44.7 cm³/mol. The van der Waals surface area contributed by atoms with Crippen molar-refractivity contribution < 1.29 is 34.0 Å². The average molecular weight is 210 g/mol. The number of aliphatic carboxylic acids is 2. The van der Waals surface area contributed by atoms with Crippen LogP contribution in [-0.4, -0.2) is 49.5 Å². The maximum absolute atomic E-state index is 9.90. The zero-order valence-electron chi connectivity index (χ0n) is 8.22. The molecule has 0 rings (SSSR count). The van der Waals surface area contributed by atoms with Crippen LogP contribution >= 0.6 is 0 Å². The van der Waals surface area contributed by atoms with E-state index in [0.29, 0.717) is 0 Å². The second-order valence-electron chi connectivity index (χ2n) is 1.98. The van der Waals surface area contributed by atoms with Crippen LogP contribution in [0.15, 0.2) is 0 Å². The van der Waals surface area contributed by atoms with E-state index in [4.69, 9.17) is 15.0 Å². The fourth-order valence-electron chi connectivity index (χ4n) is 0.372. The minimum absolute atomic E-state index is 0.424. The quantitative estimate of drug-likeness (QED) is 0.603. The first-order valence-electron chi connectivity index (χ1n) is 3.52. The molecule has 0 saturated heterocycles. The van der Waals surface area contributed by atoms with Crippen LogP contribution in [-0.2, 0) is 23.8 Å². The molecule has 0 heterocycles. The Morgan fingerprint density at radius 2 is 1.57 bits per heavy atom. The van der Waals surface area contributed by atoms with Gasteiger partial charge in [-0.05, 0) is 0 Å². The Morgan fingerprint density at radius 1 is 1.21 bits per heavy atom. The van der Waals surface area contributed by atoms with Crippen LogP contribution in [0.5, 0.6) is 0 Å². The molecule has 0 aromatic rings. The number of hydrogen-bond donors (Lipinski definition) is 2. The molecule has 0 aromatic heterocycles. The van der Waals surface area contributed by atoms with Gasteiger partial charge in [0.2, 0.25) is 0 Å². The number of carboxylic acids is 2. The Hall–Kier alpha value is -1.18. The number of methoxy groups -OCH3 is 2. The summed E-state index contributed by atoms with van der Waals surface area (Å²) in [6, 6.07) is 0. The summed E-state index contributed by atoms with van der Waals surface area (Å²) in [5.41, 5.74) is 0. The van der Waals surface area contributed by atoms with Gasteiger partial charge in [-0.3, -0.25) is 4.79 Å². The lowest BCUT2D eigenvalue weighted by Gasteiger charge is -2.11. The molecule has 0 aliphatic carbocycles. The van der Waals surface area contributed by atoms with Gasteiger partial charge in [-0.2, -0.15) is 0 Å². The van der Waals surface area contributed by atoms with E-state index in [1.807, 2.05) is 0 Å².